The van der Waals surface area contributed by atoms with Gasteiger partial charge in [-0.2, -0.15) is 5.26 Å². The number of esters is 1. The second-order valence-electron chi connectivity index (χ2n) is 4.54. The van der Waals surface area contributed by atoms with E-state index in [1.165, 1.54) is 0 Å². The Bertz CT molecular complexity index is 758. The minimum absolute atomic E-state index is 0.0427. The lowest BCUT2D eigenvalue weighted by Crippen LogP contribution is -2.18. The van der Waals surface area contributed by atoms with Gasteiger partial charge in [-0.1, -0.05) is 35.3 Å². The third-order valence-corrected chi connectivity index (χ3v) is 3.38. The first-order valence-electron chi connectivity index (χ1n) is 6.95. The maximum absolute atomic E-state index is 11.6. The molecule has 7 heteroatoms. The van der Waals surface area contributed by atoms with E-state index in [2.05, 4.69) is 0 Å². The topological polar surface area (TPSA) is 68.5 Å². The summed E-state index contributed by atoms with van der Waals surface area (Å²) in [5.74, 6) is 0.228. The van der Waals surface area contributed by atoms with Crippen LogP contribution in [-0.2, 0) is 9.53 Å². The number of hydrogen-bond acceptors (Lipinski definition) is 5. The van der Waals surface area contributed by atoms with E-state index in [9.17, 15) is 4.79 Å². The lowest BCUT2D eigenvalue weighted by atomic mass is 10.2. The zero-order chi connectivity index (χ0) is 17.4. The van der Waals surface area contributed by atoms with Crippen molar-refractivity contribution in [3.63, 3.8) is 0 Å². The van der Waals surface area contributed by atoms with Crippen LogP contribution in [0.3, 0.4) is 0 Å². The lowest BCUT2D eigenvalue weighted by molar-refractivity contribution is -0.146. The molecule has 0 radical (unpaired) electrons. The number of nitriles is 1. The highest BCUT2D eigenvalue weighted by molar-refractivity contribution is 6.35. The zero-order valence-electron chi connectivity index (χ0n) is 12.5. The first-order valence-corrected chi connectivity index (χ1v) is 7.71. The van der Waals surface area contributed by atoms with Gasteiger partial charge in [0.2, 0.25) is 0 Å². The Labute approximate surface area is 149 Å². The fourth-order valence-electron chi connectivity index (χ4n) is 1.76. The Kier molecular flexibility index (Phi) is 6.74. The van der Waals surface area contributed by atoms with Gasteiger partial charge in [-0.25, -0.2) is 4.79 Å². The van der Waals surface area contributed by atoms with Crippen molar-refractivity contribution >= 4 is 29.2 Å². The second kappa shape index (κ2) is 9.02. The number of para-hydroxylation sites is 1. The number of hydrogen-bond donors (Lipinski definition) is 0. The smallest absolute Gasteiger partial charge is 0.344 e. The van der Waals surface area contributed by atoms with Gasteiger partial charge in [0.15, 0.2) is 6.61 Å². The Balaban J connectivity index is 1.71. The van der Waals surface area contributed by atoms with Crippen molar-refractivity contribution in [1.29, 1.82) is 5.26 Å². The minimum atomic E-state index is -0.562. The molecule has 2 rings (SSSR count). The third-order valence-electron chi connectivity index (χ3n) is 2.85. The van der Waals surface area contributed by atoms with Gasteiger partial charge in [0.25, 0.3) is 0 Å². The highest BCUT2D eigenvalue weighted by Crippen LogP contribution is 2.27. The van der Waals surface area contributed by atoms with E-state index in [1.54, 1.807) is 42.5 Å². The standard InChI is InChI=1S/C17H13Cl2NO4/c18-13-5-6-16(14(19)9-13)22-7-8-23-17(21)11-24-15-4-2-1-3-12(15)10-20/h1-6,9H,7-8,11H2. The van der Waals surface area contributed by atoms with Crippen LogP contribution in [0.4, 0.5) is 0 Å². The summed E-state index contributed by atoms with van der Waals surface area (Å²) in [4.78, 5) is 11.6. The molecule has 0 spiro atoms. The molecule has 5 nitrogen and oxygen atoms in total. The maximum atomic E-state index is 11.6. The Morgan fingerprint density at radius 3 is 2.58 bits per heavy atom. The van der Waals surface area contributed by atoms with Crippen molar-refractivity contribution in [1.82, 2.24) is 0 Å². The molecule has 0 fully saturated rings. The second-order valence-corrected chi connectivity index (χ2v) is 5.38. The predicted molar refractivity (Wildman–Crippen MR) is 89.6 cm³/mol. The number of carbonyl (C=O) groups excluding carboxylic acids is 1. The van der Waals surface area contributed by atoms with Gasteiger partial charge in [-0.15, -0.1) is 0 Å². The molecule has 0 atom stereocenters. The van der Waals surface area contributed by atoms with Crippen LogP contribution in [0.15, 0.2) is 42.5 Å². The summed E-state index contributed by atoms with van der Waals surface area (Å²) < 4.78 is 15.6. The lowest BCUT2D eigenvalue weighted by Gasteiger charge is -2.10. The molecule has 0 bridgehead atoms. The monoisotopic (exact) mass is 365 g/mol. The van der Waals surface area contributed by atoms with Gasteiger partial charge in [0.05, 0.1) is 10.6 Å². The van der Waals surface area contributed by atoms with Gasteiger partial charge in [-0.3, -0.25) is 0 Å². The third kappa shape index (κ3) is 5.34. The summed E-state index contributed by atoms with van der Waals surface area (Å²) in [5.41, 5.74) is 0.353. The van der Waals surface area contributed by atoms with Crippen LogP contribution >= 0.6 is 23.2 Å². The first kappa shape index (κ1) is 17.9. The molecule has 0 aliphatic carbocycles. The van der Waals surface area contributed by atoms with Crippen LogP contribution in [0, 0.1) is 11.3 Å². The van der Waals surface area contributed by atoms with Gasteiger partial charge < -0.3 is 14.2 Å². The molecule has 0 aliphatic rings. The number of rotatable bonds is 7. The molecule has 0 N–H and O–H groups in total. The largest absolute Gasteiger partial charge is 0.488 e. The van der Waals surface area contributed by atoms with E-state index in [0.29, 0.717) is 27.1 Å². The van der Waals surface area contributed by atoms with Crippen LogP contribution < -0.4 is 9.47 Å². The SMILES string of the molecule is N#Cc1ccccc1OCC(=O)OCCOc1ccc(Cl)cc1Cl. The molecular formula is C17H13Cl2NO4. The Morgan fingerprint density at radius 2 is 1.83 bits per heavy atom. The van der Waals surface area contributed by atoms with Crippen molar-refractivity contribution in [2.75, 3.05) is 19.8 Å². The average molecular weight is 366 g/mol. The Hall–Kier alpha value is -2.42. The Morgan fingerprint density at radius 1 is 1.04 bits per heavy atom. The highest BCUT2D eigenvalue weighted by Gasteiger charge is 2.08. The van der Waals surface area contributed by atoms with Crippen LogP contribution in [-0.4, -0.2) is 25.8 Å². The van der Waals surface area contributed by atoms with Crippen molar-refractivity contribution in [3.05, 3.63) is 58.1 Å². The summed E-state index contributed by atoms with van der Waals surface area (Å²) in [6.07, 6.45) is 0. The van der Waals surface area contributed by atoms with Gasteiger partial charge >= 0.3 is 5.97 Å². The van der Waals surface area contributed by atoms with Gasteiger partial charge in [0, 0.05) is 5.02 Å². The quantitative estimate of drug-likeness (QED) is 0.550. The normalized spacial score (nSPS) is 9.88. The van der Waals surface area contributed by atoms with Crippen molar-refractivity contribution in [2.24, 2.45) is 0 Å². The molecule has 2 aromatic carbocycles. The van der Waals surface area contributed by atoms with E-state index >= 15 is 0 Å². The summed E-state index contributed by atoms with van der Waals surface area (Å²) in [5, 5.41) is 9.81. The van der Waals surface area contributed by atoms with Crippen LogP contribution in [0.5, 0.6) is 11.5 Å². The van der Waals surface area contributed by atoms with Crippen molar-refractivity contribution < 1.29 is 19.0 Å². The molecule has 24 heavy (non-hydrogen) atoms. The summed E-state index contributed by atoms with van der Waals surface area (Å²) >= 11 is 11.7. The molecule has 0 heterocycles. The van der Waals surface area contributed by atoms with E-state index in [-0.39, 0.29) is 19.8 Å². The number of nitrogens with zero attached hydrogens (tertiary/aromatic N) is 1. The molecule has 0 aliphatic heterocycles. The van der Waals surface area contributed by atoms with Crippen LogP contribution in [0.1, 0.15) is 5.56 Å². The van der Waals surface area contributed by atoms with Crippen molar-refractivity contribution in [2.45, 2.75) is 0 Å². The number of carbonyl (C=O) groups is 1. The zero-order valence-corrected chi connectivity index (χ0v) is 14.0. The van der Waals surface area contributed by atoms with Crippen LogP contribution in [0.2, 0.25) is 10.0 Å². The maximum Gasteiger partial charge on any atom is 0.344 e. The highest BCUT2D eigenvalue weighted by atomic mass is 35.5. The summed E-state index contributed by atoms with van der Waals surface area (Å²) in [6, 6.07) is 13.5. The molecular weight excluding hydrogens is 353 g/mol. The summed E-state index contributed by atoms with van der Waals surface area (Å²) in [7, 11) is 0. The molecule has 0 saturated carbocycles. The first-order chi connectivity index (χ1) is 11.6. The predicted octanol–water partition coefficient (Wildman–Crippen LogP) is 3.87. The van der Waals surface area contributed by atoms with E-state index in [1.807, 2.05) is 6.07 Å². The van der Waals surface area contributed by atoms with E-state index < -0.39 is 5.97 Å². The number of halogens is 2. The fourth-order valence-corrected chi connectivity index (χ4v) is 2.23. The summed E-state index contributed by atoms with van der Waals surface area (Å²) in [6.45, 7) is -0.108. The molecule has 0 saturated heterocycles. The average Bonchev–Trinajstić information content (AvgIpc) is 2.58. The van der Waals surface area contributed by atoms with Crippen molar-refractivity contribution in [3.8, 4) is 17.6 Å². The van der Waals surface area contributed by atoms with Crippen LogP contribution in [0.25, 0.3) is 0 Å². The van der Waals surface area contributed by atoms with E-state index in [0.717, 1.165) is 0 Å². The van der Waals surface area contributed by atoms with Gasteiger partial charge in [0.1, 0.15) is 30.8 Å². The van der Waals surface area contributed by atoms with Gasteiger partial charge in [-0.05, 0) is 30.3 Å². The van der Waals surface area contributed by atoms with E-state index in [4.69, 9.17) is 42.7 Å². The molecule has 0 amide bonds. The molecule has 2 aromatic rings. The minimum Gasteiger partial charge on any atom is -0.488 e. The molecule has 0 unspecified atom stereocenters. The molecule has 0 aromatic heterocycles. The number of ether oxygens (including phenoxy) is 3. The fraction of sp³-hybridized carbons (Fsp3) is 0.176. The number of benzene rings is 2. The molecule has 124 valence electrons.